The van der Waals surface area contributed by atoms with Gasteiger partial charge in [0.25, 0.3) is 5.97 Å². The summed E-state index contributed by atoms with van der Waals surface area (Å²) in [5.74, 6) is -7.74. The molecule has 84 heavy (non-hydrogen) atoms. The molecule has 0 saturated heterocycles. The number of rotatable bonds is 30. The van der Waals surface area contributed by atoms with Crippen molar-refractivity contribution in [3.8, 4) is 0 Å². The summed E-state index contributed by atoms with van der Waals surface area (Å²) < 4.78 is 0. The molecule has 2 unspecified atom stereocenters. The zero-order valence-corrected chi connectivity index (χ0v) is 48.7. The molecule has 0 fully saturated rings. The second-order valence-electron chi connectivity index (χ2n) is 22.4. The lowest BCUT2D eigenvalue weighted by atomic mass is 9.89. The Bertz CT molecular complexity index is 2970. The molecule has 4 aromatic rings. The second-order valence-corrected chi connectivity index (χ2v) is 22.4. The molecule has 8 amide bonds. The van der Waals surface area contributed by atoms with E-state index < -0.39 is 120 Å². The number of aromatic amines is 2. The number of aliphatic carboxylic acids is 2. The minimum Gasteiger partial charge on any atom is -0.481 e. The first-order valence-electron chi connectivity index (χ1n) is 28.2. The number of aromatic nitrogens is 3. The predicted molar refractivity (Wildman–Crippen MR) is 312 cm³/mol. The fraction of sp³-hybridized carbons (Fsp3) is 0.500. The van der Waals surface area contributed by atoms with Crippen molar-refractivity contribution in [1.29, 1.82) is 0 Å². The molecule has 0 spiro atoms. The predicted octanol–water partition coefficient (Wildman–Crippen LogP) is 1.28. The minimum atomic E-state index is -1.33. The van der Waals surface area contributed by atoms with E-state index in [9.17, 15) is 48.3 Å². The number of allylic oxidation sites excluding steroid dienone is 1. The lowest BCUT2D eigenvalue weighted by molar-refractivity contribution is -0.140. The van der Waals surface area contributed by atoms with Gasteiger partial charge in [-0.3, -0.25) is 47.9 Å². The maximum absolute atomic E-state index is 14.3. The topological polar surface area (TPSA) is 402 Å². The number of hydrogen-bond acceptors (Lipinski definition) is 14. The van der Waals surface area contributed by atoms with Gasteiger partial charge in [0.15, 0.2) is 0 Å². The Morgan fingerprint density at radius 2 is 1.37 bits per heavy atom. The summed E-state index contributed by atoms with van der Waals surface area (Å²) in [4.78, 5) is 141. The number of hydrogen-bond donors (Lipinski definition) is 15. The third-order valence-electron chi connectivity index (χ3n) is 14.0. The van der Waals surface area contributed by atoms with Crippen molar-refractivity contribution >= 4 is 75.8 Å². The average molecular weight is 1170 g/mol. The fourth-order valence-electron chi connectivity index (χ4n) is 9.85. The van der Waals surface area contributed by atoms with Crippen molar-refractivity contribution in [2.45, 2.75) is 155 Å². The monoisotopic (exact) mass is 1170 g/mol. The number of amides is 8. The van der Waals surface area contributed by atoms with Crippen LogP contribution in [-0.4, -0.2) is 146 Å². The van der Waals surface area contributed by atoms with Crippen molar-refractivity contribution in [3.63, 3.8) is 0 Å². The van der Waals surface area contributed by atoms with Gasteiger partial charge in [-0.05, 0) is 73.6 Å². The van der Waals surface area contributed by atoms with Crippen LogP contribution >= 0.6 is 0 Å². The first-order chi connectivity index (χ1) is 39.8. The summed E-state index contributed by atoms with van der Waals surface area (Å²) >= 11 is 0. The minimum absolute atomic E-state index is 0.0109. The van der Waals surface area contributed by atoms with Crippen molar-refractivity contribution in [2.24, 2.45) is 23.5 Å². The highest BCUT2D eigenvalue weighted by molar-refractivity contribution is 5.97. The van der Waals surface area contributed by atoms with E-state index in [4.69, 9.17) is 15.6 Å². The summed E-state index contributed by atoms with van der Waals surface area (Å²) in [6, 6.07) is 6.79. The molecule has 2 aliphatic rings. The number of nitrogens with one attached hydrogen (secondary N) is 12. The van der Waals surface area contributed by atoms with Gasteiger partial charge in [-0.1, -0.05) is 77.9 Å². The van der Waals surface area contributed by atoms with Crippen molar-refractivity contribution in [3.05, 3.63) is 96.0 Å². The highest BCUT2D eigenvalue weighted by atomic mass is 16.4. The van der Waals surface area contributed by atoms with E-state index in [0.717, 1.165) is 34.8 Å². The van der Waals surface area contributed by atoms with E-state index in [0.29, 0.717) is 30.5 Å². The normalized spacial score (nSPS) is 16.6. The van der Waals surface area contributed by atoms with Crippen LogP contribution in [0.4, 0.5) is 5.69 Å². The number of carbonyl (C=O) groups excluding carboxylic acids is 8. The number of H-pyrrole nitrogens is 2. The van der Waals surface area contributed by atoms with Crippen LogP contribution in [0.1, 0.15) is 110 Å². The van der Waals surface area contributed by atoms with Crippen molar-refractivity contribution in [1.82, 2.24) is 62.8 Å². The van der Waals surface area contributed by atoms with Gasteiger partial charge in [0.05, 0.1) is 12.9 Å². The smallest absolute Gasteiger partial charge is 0.320 e. The fourth-order valence-corrected chi connectivity index (χ4v) is 9.85. The summed E-state index contributed by atoms with van der Waals surface area (Å²) in [5.41, 5.74) is 10.3. The van der Waals surface area contributed by atoms with Gasteiger partial charge in [-0.25, -0.2) is 4.98 Å². The number of carbonyl (C=O) groups is 10. The van der Waals surface area contributed by atoms with E-state index in [1.54, 1.807) is 26.2 Å². The molecule has 16 N–H and O–H groups in total. The van der Waals surface area contributed by atoms with Crippen LogP contribution in [0.25, 0.3) is 10.9 Å². The largest absolute Gasteiger partial charge is 0.481 e. The lowest BCUT2D eigenvalue weighted by Crippen LogP contribution is -2.59. The van der Waals surface area contributed by atoms with Gasteiger partial charge in [0.1, 0.15) is 42.3 Å². The number of anilines is 1. The number of nitrogens with two attached hydrogens (primary N) is 1. The van der Waals surface area contributed by atoms with E-state index in [1.807, 2.05) is 76.2 Å². The molecule has 4 heterocycles. The Balaban J connectivity index is 0.00000312. The van der Waals surface area contributed by atoms with E-state index in [1.165, 1.54) is 19.4 Å². The molecule has 26 heteroatoms. The molecule has 6 rings (SSSR count). The Kier molecular flexibility index (Phi) is 24.8. The van der Waals surface area contributed by atoms with Crippen LogP contribution in [0.15, 0.2) is 79.1 Å². The average Bonchev–Trinajstić information content (AvgIpc) is 3.08. The maximum Gasteiger partial charge on any atom is 0.320 e. The maximum atomic E-state index is 14.3. The van der Waals surface area contributed by atoms with Gasteiger partial charge >= 0.3 is 5.97 Å². The molecule has 0 aliphatic carbocycles. The van der Waals surface area contributed by atoms with Crippen LogP contribution in [0, 0.1) is 17.8 Å². The number of benzene rings is 2. The molecule has 2 aromatic heterocycles. The van der Waals surface area contributed by atoms with Gasteiger partial charge < -0.3 is 79.1 Å². The van der Waals surface area contributed by atoms with Crippen LogP contribution in [0.2, 0.25) is 0 Å². The summed E-state index contributed by atoms with van der Waals surface area (Å²) in [6.07, 6.45) is 7.14. The zero-order valence-electron chi connectivity index (χ0n) is 48.7. The Morgan fingerprint density at radius 1 is 0.714 bits per heavy atom. The standard InChI is InChI=1S/C56H78N14O10.C2H4O2/c1-29(2)18-35(25-60-45(56(79)80)19-30(3)4)65-54(77)44(21-34-24-58-28-63-34)67-48(72)27-62-55(78)49(31(5)6)70-50(73)32(7)64-53(76)43(20-33-23-59-39-14-10-8-12-36(33)39)69-51(74)41(16-17-47(57)71)68-52(75)42-22-38-37-13-9-11-15-40(37)66-46(38)26-61-42;1-2(3)4/h8-15,23-24,26,28-32,35,38,41-45,49,59-61,66H,16-22,25,27H2,1-7H3,(H2,57,71)(H,58,63)(H,62,78)(H,64,76)(H,65,77)(H,67,72)(H,68,75)(H,69,74)(H,70,73)(H,79,80);1H3,(H,3,4)/t32-,35-,38?,41-,42?,43-,44-,45-,49-;/m0./s1. The molecule has 456 valence electrons. The van der Waals surface area contributed by atoms with Crippen LogP contribution < -0.4 is 58.9 Å². The van der Waals surface area contributed by atoms with Gasteiger partial charge in [-0.2, -0.15) is 0 Å². The Labute approximate surface area is 487 Å². The van der Waals surface area contributed by atoms with Crippen LogP contribution in [0.5, 0.6) is 0 Å². The first-order valence-corrected chi connectivity index (χ1v) is 28.2. The summed E-state index contributed by atoms with van der Waals surface area (Å²) in [5, 5.41) is 46.6. The van der Waals surface area contributed by atoms with E-state index >= 15 is 0 Å². The number of imidazole rings is 1. The SMILES string of the molecule is CC(=O)O.CC(C)C[C@@H](CN[C@@H](CC(C)C)C(=O)O)NC(=O)[C@H](Cc1cnc[nH]1)NC(=O)CNC(=O)[C@@H](NC(=O)[C@H](C)NC(=O)[C@H](Cc1c[nH]c2ccccc12)NC(=O)[C@H](CCC(N)=O)NC(=O)C1CC2C(=CN1)Nc1ccccc12)C(C)C. The Hall–Kier alpha value is -8.81. The Morgan fingerprint density at radius 3 is 2.02 bits per heavy atom. The molecular formula is C58H82N14O12. The number of para-hydroxylation sites is 2. The number of nitrogens with zero attached hydrogens (tertiary/aromatic N) is 1. The highest BCUT2D eigenvalue weighted by Gasteiger charge is 2.38. The van der Waals surface area contributed by atoms with Gasteiger partial charge in [0, 0.05) is 91.3 Å². The van der Waals surface area contributed by atoms with Gasteiger partial charge in [0.2, 0.25) is 47.3 Å². The summed E-state index contributed by atoms with van der Waals surface area (Å²) in [6.45, 7) is 13.2. The first kappa shape index (κ1) is 66.0. The van der Waals surface area contributed by atoms with Crippen molar-refractivity contribution < 1.29 is 58.2 Å². The zero-order chi connectivity index (χ0) is 61.8. The quantitative estimate of drug-likeness (QED) is 0.0350. The number of primary amides is 1. The molecule has 26 nitrogen and oxygen atoms in total. The third kappa shape index (κ3) is 20.3. The lowest BCUT2D eigenvalue weighted by Gasteiger charge is -2.29. The number of carboxylic acids is 2. The highest BCUT2D eigenvalue weighted by Crippen LogP contribution is 2.42. The molecule has 2 aliphatic heterocycles. The van der Waals surface area contributed by atoms with E-state index in [-0.39, 0.29) is 50.0 Å². The molecule has 9 atom stereocenters. The van der Waals surface area contributed by atoms with Crippen molar-refractivity contribution in [2.75, 3.05) is 18.4 Å². The van der Waals surface area contributed by atoms with Gasteiger partial charge in [-0.15, -0.1) is 0 Å². The third-order valence-corrected chi connectivity index (χ3v) is 14.0. The summed E-state index contributed by atoms with van der Waals surface area (Å²) in [7, 11) is 0. The second kappa shape index (κ2) is 31.6. The molecular weight excluding hydrogens is 1080 g/mol. The molecule has 0 bridgehead atoms. The molecule has 2 aromatic carbocycles. The number of carboxylic acid groups (broad SMARTS) is 2. The van der Waals surface area contributed by atoms with Crippen LogP contribution in [0.3, 0.4) is 0 Å². The number of fused-ring (bicyclic) bond motifs is 4. The van der Waals surface area contributed by atoms with Crippen LogP contribution in [-0.2, 0) is 60.8 Å². The molecule has 0 saturated carbocycles. The van der Waals surface area contributed by atoms with E-state index in [2.05, 4.69) is 68.1 Å². The molecule has 0 radical (unpaired) electrons.